The van der Waals surface area contributed by atoms with E-state index in [0.717, 1.165) is 12.8 Å². The molecule has 288 valence electrons. The molecule has 0 bridgehead atoms. The van der Waals surface area contributed by atoms with E-state index in [2.05, 4.69) is 98.8 Å². The Balaban J connectivity index is 1.64. The third-order valence-electron chi connectivity index (χ3n) is 10.6. The van der Waals surface area contributed by atoms with Gasteiger partial charge in [0.2, 0.25) is 0 Å². The van der Waals surface area contributed by atoms with Gasteiger partial charge in [-0.05, 0) is 75.3 Å². The first kappa shape index (κ1) is 45.0. The summed E-state index contributed by atoms with van der Waals surface area (Å²) in [5.74, 6) is 0. The average Bonchev–Trinajstić information content (AvgIpc) is 3.17. The first-order chi connectivity index (χ1) is 25.3. The topological polar surface area (TPSA) is 9.23 Å². The zero-order valence-electron chi connectivity index (χ0n) is 33.9. The normalized spacial score (nSPS) is 13.1. The van der Waals surface area contributed by atoms with Crippen LogP contribution in [0.25, 0.3) is 0 Å². The molecule has 2 rings (SSSR count). The second-order valence-corrected chi connectivity index (χ2v) is 15.4. The van der Waals surface area contributed by atoms with E-state index in [0.29, 0.717) is 0 Å². The van der Waals surface area contributed by atoms with Crippen LogP contribution in [0.4, 0.5) is 0 Å². The highest BCUT2D eigenvalue weighted by Gasteiger charge is 2.20. The van der Waals surface area contributed by atoms with Crippen molar-refractivity contribution in [2.45, 2.75) is 219 Å². The van der Waals surface area contributed by atoms with Crippen LogP contribution in [0.5, 0.6) is 0 Å². The number of benzene rings is 2. The van der Waals surface area contributed by atoms with Crippen molar-refractivity contribution in [2.24, 2.45) is 0 Å². The highest BCUT2D eigenvalue weighted by atomic mass is 16.5. The van der Waals surface area contributed by atoms with E-state index in [1.54, 1.807) is 0 Å². The van der Waals surface area contributed by atoms with Crippen molar-refractivity contribution in [3.05, 3.63) is 96.1 Å². The Hall–Kier alpha value is -2.12. The van der Waals surface area contributed by atoms with Crippen molar-refractivity contribution >= 4 is 0 Å². The smallest absolute Gasteiger partial charge is 0.0833 e. The largest absolute Gasteiger partial charge is 0.366 e. The minimum absolute atomic E-state index is 0.169. The molecule has 0 N–H and O–H groups in total. The van der Waals surface area contributed by atoms with Crippen molar-refractivity contribution in [3.8, 4) is 0 Å². The highest BCUT2D eigenvalue weighted by molar-refractivity contribution is 5.20. The van der Waals surface area contributed by atoms with Crippen LogP contribution in [0.3, 0.4) is 0 Å². The number of ether oxygens (including phenoxy) is 1. The number of rotatable bonds is 36. The predicted molar refractivity (Wildman–Crippen MR) is 228 cm³/mol. The summed E-state index contributed by atoms with van der Waals surface area (Å²) < 4.78 is 7.06. The molecule has 0 spiro atoms. The molecule has 0 amide bonds. The monoisotopic (exact) mass is 699 g/mol. The molecule has 0 heterocycles. The van der Waals surface area contributed by atoms with Gasteiger partial charge >= 0.3 is 0 Å². The second kappa shape index (κ2) is 34.9. The third-order valence-corrected chi connectivity index (χ3v) is 10.6. The summed E-state index contributed by atoms with van der Waals surface area (Å²) in [5.41, 5.74) is 2.68. The van der Waals surface area contributed by atoms with E-state index in [9.17, 15) is 0 Å². The molecule has 0 fully saturated rings. The summed E-state index contributed by atoms with van der Waals surface area (Å²) in [7, 11) is 0. The summed E-state index contributed by atoms with van der Waals surface area (Å²) in [6, 6.07) is 22.1. The fourth-order valence-electron chi connectivity index (χ4n) is 7.31. The second-order valence-electron chi connectivity index (χ2n) is 15.4. The minimum Gasteiger partial charge on any atom is -0.366 e. The van der Waals surface area contributed by atoms with Crippen LogP contribution in [0.2, 0.25) is 0 Å². The lowest BCUT2D eigenvalue weighted by molar-refractivity contribution is -0.0264. The lowest BCUT2D eigenvalue weighted by Crippen LogP contribution is -2.11. The first-order valence-corrected chi connectivity index (χ1v) is 22.4. The van der Waals surface area contributed by atoms with Gasteiger partial charge in [0.15, 0.2) is 0 Å². The molecule has 0 aromatic heterocycles. The summed E-state index contributed by atoms with van der Waals surface area (Å²) in [4.78, 5) is 0. The van der Waals surface area contributed by atoms with Gasteiger partial charge in [-0.3, -0.25) is 0 Å². The fraction of sp³-hybridized carbons (Fsp3) is 0.680. The van der Waals surface area contributed by atoms with Gasteiger partial charge in [0.25, 0.3) is 0 Å². The van der Waals surface area contributed by atoms with Crippen LogP contribution in [-0.4, -0.2) is 0 Å². The Morgan fingerprint density at radius 1 is 0.353 bits per heavy atom. The van der Waals surface area contributed by atoms with Gasteiger partial charge in [0.05, 0.1) is 12.2 Å². The summed E-state index contributed by atoms with van der Waals surface area (Å²) in [5, 5.41) is 0. The first-order valence-electron chi connectivity index (χ1n) is 22.4. The van der Waals surface area contributed by atoms with E-state index in [1.807, 2.05) is 0 Å². The number of hydrogen-bond acceptors (Lipinski definition) is 1. The summed E-state index contributed by atoms with van der Waals surface area (Å²) in [6.07, 6.45) is 50.1. The van der Waals surface area contributed by atoms with Gasteiger partial charge in [0.1, 0.15) is 0 Å². The van der Waals surface area contributed by atoms with Crippen molar-refractivity contribution in [3.63, 3.8) is 0 Å². The van der Waals surface area contributed by atoms with Gasteiger partial charge in [-0.15, -0.1) is 0 Å². The average molecular weight is 699 g/mol. The molecule has 2 unspecified atom stereocenters. The molecule has 0 saturated heterocycles. The fourth-order valence-corrected chi connectivity index (χ4v) is 7.31. The molecule has 0 radical (unpaired) electrons. The Labute approximate surface area is 318 Å². The number of allylic oxidation sites excluding steroid dienone is 4. The predicted octanol–water partition coefficient (Wildman–Crippen LogP) is 17.3. The van der Waals surface area contributed by atoms with Crippen molar-refractivity contribution in [1.29, 1.82) is 0 Å². The number of unbranched alkanes of at least 4 members (excludes halogenated alkanes) is 24. The maximum Gasteiger partial charge on any atom is 0.0833 e. The molecule has 2 atom stereocenters. The zero-order valence-corrected chi connectivity index (χ0v) is 33.9. The van der Waals surface area contributed by atoms with Crippen LogP contribution in [-0.2, 0) is 4.74 Å². The van der Waals surface area contributed by atoms with Crippen LogP contribution < -0.4 is 0 Å². The Morgan fingerprint density at radius 3 is 0.941 bits per heavy atom. The van der Waals surface area contributed by atoms with E-state index in [4.69, 9.17) is 4.74 Å². The van der Waals surface area contributed by atoms with Crippen molar-refractivity contribution < 1.29 is 4.74 Å². The van der Waals surface area contributed by atoms with E-state index >= 15 is 0 Å². The molecular weight excluding hydrogens is 617 g/mol. The van der Waals surface area contributed by atoms with Crippen LogP contribution >= 0.6 is 0 Å². The Bertz CT molecular complexity index is 940. The maximum absolute atomic E-state index is 7.06. The molecular formula is C50H82O. The van der Waals surface area contributed by atoms with E-state index < -0.39 is 0 Å². The molecule has 2 aromatic rings. The summed E-state index contributed by atoms with van der Waals surface area (Å²) >= 11 is 0. The minimum atomic E-state index is 0.169. The molecule has 2 aromatic carbocycles. The highest BCUT2D eigenvalue weighted by Crippen LogP contribution is 2.34. The van der Waals surface area contributed by atoms with Crippen molar-refractivity contribution in [2.75, 3.05) is 0 Å². The molecule has 0 aliphatic rings. The molecule has 0 saturated carbocycles. The third kappa shape index (κ3) is 26.3. The standard InChI is InChI=1S/C50H82O/c1-3-5-7-9-11-13-15-17-19-21-23-25-27-29-31-39-45-49(47-41-35-33-36-42-47)51-50(48-43-37-34-38-44-48)46-40-32-30-28-26-24-22-20-18-16-14-12-10-8-6-4-2/h17-20,33-38,41-44,49-50H,3-16,21-32,39-40,45-46H2,1-2H3. The molecule has 1 heteroatoms. The van der Waals surface area contributed by atoms with Crippen molar-refractivity contribution in [1.82, 2.24) is 0 Å². The zero-order chi connectivity index (χ0) is 36.1. The Kier molecular flexibility index (Phi) is 30.9. The van der Waals surface area contributed by atoms with E-state index in [1.165, 1.54) is 191 Å². The SMILES string of the molecule is CCCCCCCCC=CCCCCCCCCC(OC(CCCCCCCCC=CCCCCCCCC)c1ccccc1)c1ccccc1. The van der Waals surface area contributed by atoms with Crippen LogP contribution in [0, 0.1) is 0 Å². The number of hydrogen-bond donors (Lipinski definition) is 0. The van der Waals surface area contributed by atoms with Crippen LogP contribution in [0.15, 0.2) is 85.0 Å². The van der Waals surface area contributed by atoms with Gasteiger partial charge in [-0.25, -0.2) is 0 Å². The molecule has 0 aliphatic heterocycles. The van der Waals surface area contributed by atoms with E-state index in [-0.39, 0.29) is 12.2 Å². The quantitative estimate of drug-likeness (QED) is 0.0508. The van der Waals surface area contributed by atoms with Gasteiger partial charge < -0.3 is 4.74 Å². The van der Waals surface area contributed by atoms with Gasteiger partial charge in [-0.1, -0.05) is 227 Å². The maximum atomic E-state index is 7.06. The lowest BCUT2D eigenvalue weighted by Gasteiger charge is -2.26. The molecule has 51 heavy (non-hydrogen) atoms. The van der Waals surface area contributed by atoms with Gasteiger partial charge in [0, 0.05) is 0 Å². The van der Waals surface area contributed by atoms with Crippen LogP contribution in [0.1, 0.15) is 230 Å². The van der Waals surface area contributed by atoms with Gasteiger partial charge in [-0.2, -0.15) is 0 Å². The summed E-state index contributed by atoms with van der Waals surface area (Å²) in [6.45, 7) is 4.59. The molecule has 1 nitrogen and oxygen atoms in total. The Morgan fingerprint density at radius 2 is 0.627 bits per heavy atom. The molecule has 0 aliphatic carbocycles. The lowest BCUT2D eigenvalue weighted by atomic mass is 9.98.